The Kier molecular flexibility index (Phi) is 16.3. The number of fused-ring (bicyclic) bond motifs is 18. The summed E-state index contributed by atoms with van der Waals surface area (Å²) in [6.45, 7) is 7.49. The van der Waals surface area contributed by atoms with E-state index in [0.29, 0.717) is 77.6 Å². The Balaban J connectivity index is 0.718. The van der Waals surface area contributed by atoms with E-state index in [2.05, 4.69) is 171 Å². The molecule has 8 heteroatoms. The van der Waals surface area contributed by atoms with Crippen LogP contribution in [0.1, 0.15) is 207 Å². The monoisotopic (exact) mass is 1230 g/mol. The van der Waals surface area contributed by atoms with Crippen LogP contribution in [-0.4, -0.2) is 33.6 Å². The molecule has 16 rings (SSSR count). The highest BCUT2D eigenvalue weighted by Gasteiger charge is 2.64. The van der Waals surface area contributed by atoms with E-state index in [4.69, 9.17) is 19.4 Å². The number of benzene rings is 3. The van der Waals surface area contributed by atoms with Crippen LogP contribution in [0.3, 0.4) is 0 Å². The Morgan fingerprint density at radius 3 is 2.33 bits per heavy atom. The van der Waals surface area contributed by atoms with E-state index in [1.165, 1.54) is 52.7 Å². The number of ketones is 1. The minimum atomic E-state index is -0.161. The first kappa shape index (κ1) is 60.2. The molecule has 1 fully saturated rings. The molecule has 1 aromatic heterocycles. The standard InChI is InChI=1S/C85H94N4O4/c1-4-7-23-53(6-3)52-92-80-50-76(86-82(88-80)64-30-14-21-37-78(64)90)56-41-44-63-66-47-54(40-45-73(66)85(75(63)49-56)70-34-18-11-27-60(70)61-28-12-19-35-71(61)85)39-43-57(24-8-5-2)93-81-51-77(87-83(89-81)65-31-15-22-38-79(65)91)55-42-46-74-67(48-55)62-29-13-20-36-72(62)84(74)68-32-16-9-25-58(68)59-26-10-17-33-69(59)84/h9-13,15-16,20,22,25-29,31-32,36,38,40-42,44-45,47,49-51,53,57-58,60,66-68,70,73-74,76,86,88,91H,4-8,14,17-19,21,23-24,30,33-35,37,39,43,46,48,52H2,1-3H3. The van der Waals surface area contributed by atoms with Gasteiger partial charge in [-0.05, 0) is 177 Å². The van der Waals surface area contributed by atoms with Crippen molar-refractivity contribution in [2.24, 2.45) is 41.4 Å². The van der Waals surface area contributed by atoms with Crippen molar-refractivity contribution in [1.29, 1.82) is 0 Å². The molecule has 8 nitrogen and oxygen atoms in total. The molecule has 478 valence electrons. The largest absolute Gasteiger partial charge is 0.507 e. The number of rotatable bonds is 18. The number of hydrogen-bond donors (Lipinski definition) is 3. The van der Waals surface area contributed by atoms with Gasteiger partial charge in [0.15, 0.2) is 17.5 Å². The molecule has 13 unspecified atom stereocenters. The molecule has 0 radical (unpaired) electrons. The van der Waals surface area contributed by atoms with Gasteiger partial charge in [0.05, 0.1) is 23.9 Å². The smallest absolute Gasteiger partial charge is 0.217 e. The Morgan fingerprint density at radius 1 is 0.710 bits per heavy atom. The summed E-state index contributed by atoms with van der Waals surface area (Å²) in [5.41, 5.74) is 18.6. The molecular formula is C85H94N4O4. The van der Waals surface area contributed by atoms with Crippen molar-refractivity contribution in [3.05, 3.63) is 243 Å². The van der Waals surface area contributed by atoms with Crippen LogP contribution in [0.25, 0.3) is 17.0 Å². The molecule has 13 atom stereocenters. The number of phenols is 1. The van der Waals surface area contributed by atoms with Crippen molar-refractivity contribution >= 4 is 11.4 Å². The molecule has 3 aromatic carbocycles. The van der Waals surface area contributed by atoms with Gasteiger partial charge >= 0.3 is 0 Å². The van der Waals surface area contributed by atoms with Crippen molar-refractivity contribution < 1.29 is 19.4 Å². The second-order valence-electron chi connectivity index (χ2n) is 29.3. The molecule has 12 aliphatic rings. The third kappa shape index (κ3) is 10.2. The zero-order valence-electron chi connectivity index (χ0n) is 55.1. The van der Waals surface area contributed by atoms with E-state index >= 15 is 0 Å². The number of ether oxygens (including phenoxy) is 2. The number of hydrogen-bond acceptors (Lipinski definition) is 8. The number of nitrogens with zero attached hydrogens (tertiary/aromatic N) is 2. The van der Waals surface area contributed by atoms with Crippen molar-refractivity contribution in [3.63, 3.8) is 0 Å². The zero-order valence-corrected chi connectivity index (χ0v) is 55.1. The second kappa shape index (κ2) is 25.2. The Bertz CT molecular complexity index is 4020. The summed E-state index contributed by atoms with van der Waals surface area (Å²) in [4.78, 5) is 24.3. The van der Waals surface area contributed by atoms with Gasteiger partial charge in [0.1, 0.15) is 17.7 Å². The minimum absolute atomic E-state index is 0.0325. The van der Waals surface area contributed by atoms with Gasteiger partial charge in [0.25, 0.3) is 0 Å². The zero-order chi connectivity index (χ0) is 62.8. The molecule has 4 aromatic rings. The number of carbonyl (C=O) groups is 1. The van der Waals surface area contributed by atoms with Gasteiger partial charge in [-0.1, -0.05) is 209 Å². The van der Waals surface area contributed by atoms with Crippen LogP contribution < -0.4 is 15.4 Å². The third-order valence-corrected chi connectivity index (χ3v) is 24.5. The number of allylic oxidation sites excluding steroid dienone is 21. The molecule has 0 amide bonds. The molecule has 11 aliphatic carbocycles. The van der Waals surface area contributed by atoms with Crippen LogP contribution in [0, 0.1) is 41.4 Å². The van der Waals surface area contributed by atoms with Crippen molar-refractivity contribution in [2.75, 3.05) is 6.61 Å². The Morgan fingerprint density at radius 2 is 1.49 bits per heavy atom. The first-order valence-electron chi connectivity index (χ1n) is 36.4. The van der Waals surface area contributed by atoms with Gasteiger partial charge in [0.2, 0.25) is 5.88 Å². The van der Waals surface area contributed by atoms with Crippen LogP contribution in [0.4, 0.5) is 0 Å². The maximum Gasteiger partial charge on any atom is 0.217 e. The van der Waals surface area contributed by atoms with Gasteiger partial charge < -0.3 is 25.2 Å². The van der Waals surface area contributed by atoms with Crippen LogP contribution in [-0.2, 0) is 20.4 Å². The quantitative estimate of drug-likeness (QED) is 0.0668. The maximum atomic E-state index is 13.7. The Labute approximate surface area is 552 Å². The van der Waals surface area contributed by atoms with E-state index in [1.54, 1.807) is 33.9 Å². The topological polar surface area (TPSA) is 106 Å². The first-order chi connectivity index (χ1) is 45.8. The minimum Gasteiger partial charge on any atom is -0.507 e. The third-order valence-electron chi connectivity index (χ3n) is 24.5. The van der Waals surface area contributed by atoms with Gasteiger partial charge in [0, 0.05) is 64.6 Å². The molecule has 0 saturated heterocycles. The number of unbranched alkanes of at least 4 members (excludes halogenated alkanes) is 2. The molecule has 2 heterocycles. The highest BCUT2D eigenvalue weighted by molar-refractivity contribution is 5.96. The summed E-state index contributed by atoms with van der Waals surface area (Å²) in [6.07, 6.45) is 58.2. The summed E-state index contributed by atoms with van der Waals surface area (Å²) < 4.78 is 14.1. The van der Waals surface area contributed by atoms with E-state index in [-0.39, 0.29) is 40.4 Å². The summed E-state index contributed by atoms with van der Waals surface area (Å²) in [5, 5.41) is 19.0. The SMILES string of the molecule is CCCCC(CC)COC1=CC(c2ccc3c(c2)C2(C4=C(C=CCC4)C4C=CCCC42)C2C=CC(CCC(CCCC)Oc4cc(C5=CCC6C(C5)c5ccccc5C65C6=C(C=CCC6)C6C=CC=CC65)nc(-c5ccccc5O)n4)=CC32)NC(=C2CCCCC2=O)N1. The fraction of sp³-hybridized carbons (Fsp3) is 0.447. The first-order valence-corrected chi connectivity index (χ1v) is 36.4. The van der Waals surface area contributed by atoms with Crippen LogP contribution in [0.2, 0.25) is 0 Å². The normalized spacial score (nSPS) is 31.2. The predicted octanol–water partition coefficient (Wildman–Crippen LogP) is 19.5. The fourth-order valence-electron chi connectivity index (χ4n) is 20.3. The van der Waals surface area contributed by atoms with E-state index in [0.717, 1.165) is 132 Å². The molecule has 2 spiro atoms. The van der Waals surface area contributed by atoms with Gasteiger partial charge in [-0.3, -0.25) is 4.79 Å². The second-order valence-corrected chi connectivity index (χ2v) is 29.3. The average molecular weight is 1240 g/mol. The molecular weight excluding hydrogens is 1140 g/mol. The molecule has 3 N–H and O–H groups in total. The lowest BCUT2D eigenvalue weighted by atomic mass is 9.58. The summed E-state index contributed by atoms with van der Waals surface area (Å²) in [6, 6.07) is 26.4. The molecule has 93 heavy (non-hydrogen) atoms. The summed E-state index contributed by atoms with van der Waals surface area (Å²) in [5.74, 6) is 6.58. The average Bonchev–Trinajstić information content (AvgIpc) is 1.52. The number of aromatic nitrogens is 2. The lowest BCUT2D eigenvalue weighted by Crippen LogP contribution is -2.41. The number of carbonyl (C=O) groups excluding carboxylic acids is 1. The molecule has 1 aliphatic heterocycles. The van der Waals surface area contributed by atoms with Crippen molar-refractivity contribution in [1.82, 2.24) is 20.6 Å². The van der Waals surface area contributed by atoms with E-state index in [1.807, 2.05) is 18.2 Å². The van der Waals surface area contributed by atoms with Crippen LogP contribution in [0.15, 0.2) is 209 Å². The Hall–Kier alpha value is -7.71. The van der Waals surface area contributed by atoms with Crippen LogP contribution in [0.5, 0.6) is 11.6 Å². The van der Waals surface area contributed by atoms with E-state index < -0.39 is 0 Å². The predicted molar refractivity (Wildman–Crippen MR) is 374 cm³/mol. The number of nitrogens with one attached hydrogen (secondary N) is 2. The fourth-order valence-corrected chi connectivity index (χ4v) is 20.3. The number of Topliss-reactive ketones (excluding diaryl/α,β-unsaturated/α-hetero) is 1. The lowest BCUT2D eigenvalue weighted by molar-refractivity contribution is -0.116. The van der Waals surface area contributed by atoms with Gasteiger partial charge in [-0.2, -0.15) is 4.98 Å². The number of para-hydroxylation sites is 1. The highest BCUT2D eigenvalue weighted by atomic mass is 16.5. The van der Waals surface area contributed by atoms with Crippen molar-refractivity contribution in [3.8, 4) is 23.0 Å². The number of aromatic hydroxyl groups is 1. The van der Waals surface area contributed by atoms with Gasteiger partial charge in [-0.15, -0.1) is 0 Å². The highest BCUT2D eigenvalue weighted by Crippen LogP contribution is 2.71. The van der Waals surface area contributed by atoms with Crippen molar-refractivity contribution in [2.45, 2.75) is 190 Å². The van der Waals surface area contributed by atoms with E-state index in [9.17, 15) is 9.90 Å². The summed E-state index contributed by atoms with van der Waals surface area (Å²) in [7, 11) is 0. The maximum absolute atomic E-state index is 13.7. The number of phenolic OH excluding ortho intramolecular Hbond substituents is 1. The molecule has 1 saturated carbocycles. The summed E-state index contributed by atoms with van der Waals surface area (Å²) >= 11 is 0. The lowest BCUT2D eigenvalue weighted by Gasteiger charge is -2.44. The van der Waals surface area contributed by atoms with Crippen LogP contribution >= 0.6 is 0 Å². The molecule has 0 bridgehead atoms. The van der Waals surface area contributed by atoms with Gasteiger partial charge in [-0.25, -0.2) is 4.98 Å².